The minimum Gasteiger partial charge on any atom is -0.481 e. The quantitative estimate of drug-likeness (QED) is 0.879. The average molecular weight is 370 g/mol. The highest BCUT2D eigenvalue weighted by atomic mass is 19.4. The van der Waals surface area contributed by atoms with Crippen LogP contribution in [0.5, 0.6) is 0 Å². The summed E-state index contributed by atoms with van der Waals surface area (Å²) >= 11 is 0. The third-order valence-corrected chi connectivity index (χ3v) is 5.99. The molecule has 2 bridgehead atoms. The number of carboxylic acid groups (broad SMARTS) is 1. The zero-order valence-electron chi connectivity index (χ0n) is 14.4. The van der Waals surface area contributed by atoms with E-state index in [9.17, 15) is 18.0 Å². The number of alkyl halides is 3. The first-order valence-corrected chi connectivity index (χ1v) is 8.93. The van der Waals surface area contributed by atoms with E-state index in [1.165, 1.54) is 0 Å². The number of halogens is 3. The fourth-order valence-electron chi connectivity index (χ4n) is 4.47. The van der Waals surface area contributed by atoms with Crippen molar-refractivity contribution < 1.29 is 23.1 Å². The summed E-state index contributed by atoms with van der Waals surface area (Å²) < 4.78 is 40.0. The first-order valence-electron chi connectivity index (χ1n) is 8.93. The third-order valence-electron chi connectivity index (χ3n) is 5.99. The summed E-state index contributed by atoms with van der Waals surface area (Å²) in [6.07, 6.45) is -1.97. The van der Waals surface area contributed by atoms with Crippen molar-refractivity contribution in [2.45, 2.75) is 50.9 Å². The van der Waals surface area contributed by atoms with Gasteiger partial charge in [-0.15, -0.1) is 0 Å². The molecule has 1 aromatic rings. The molecule has 4 atom stereocenters. The Labute approximate surface area is 149 Å². The van der Waals surface area contributed by atoms with Gasteiger partial charge in [0, 0.05) is 37.7 Å². The van der Waals surface area contributed by atoms with E-state index in [1.807, 2.05) is 11.8 Å². The summed E-state index contributed by atoms with van der Waals surface area (Å²) in [5.74, 6) is -0.0648. The molecule has 0 spiro atoms. The number of hydrogen-bond acceptors (Lipinski definition) is 5. The molecule has 4 rings (SSSR count). The van der Waals surface area contributed by atoms with Crippen molar-refractivity contribution in [3.05, 3.63) is 11.8 Å². The van der Waals surface area contributed by atoms with Gasteiger partial charge in [0.05, 0.1) is 0 Å². The van der Waals surface area contributed by atoms with Gasteiger partial charge in [0.25, 0.3) is 0 Å². The van der Waals surface area contributed by atoms with Crippen molar-refractivity contribution in [2.75, 3.05) is 22.9 Å². The van der Waals surface area contributed by atoms with Crippen LogP contribution in [0, 0.1) is 11.8 Å². The van der Waals surface area contributed by atoms with E-state index in [2.05, 4.69) is 9.97 Å². The molecular formula is C17H21F3N4O2. The largest absolute Gasteiger partial charge is 0.481 e. The molecular weight excluding hydrogens is 349 g/mol. The molecule has 2 aliphatic heterocycles. The van der Waals surface area contributed by atoms with Crippen LogP contribution < -0.4 is 9.80 Å². The van der Waals surface area contributed by atoms with E-state index >= 15 is 0 Å². The highest BCUT2D eigenvalue weighted by Crippen LogP contribution is 2.46. The van der Waals surface area contributed by atoms with E-state index < -0.39 is 17.8 Å². The van der Waals surface area contributed by atoms with E-state index in [4.69, 9.17) is 5.11 Å². The van der Waals surface area contributed by atoms with Crippen LogP contribution in [0.3, 0.4) is 0 Å². The second-order valence-electron chi connectivity index (χ2n) is 7.64. The van der Waals surface area contributed by atoms with E-state index in [-0.39, 0.29) is 36.3 Å². The predicted molar refractivity (Wildman–Crippen MR) is 88.1 cm³/mol. The van der Waals surface area contributed by atoms with Crippen LogP contribution in [0.15, 0.2) is 6.07 Å². The summed E-state index contributed by atoms with van der Waals surface area (Å²) in [6, 6.07) is 1.23. The molecule has 26 heavy (non-hydrogen) atoms. The summed E-state index contributed by atoms with van der Waals surface area (Å²) in [5.41, 5.74) is -0.915. The lowest BCUT2D eigenvalue weighted by Gasteiger charge is -2.39. The zero-order chi connectivity index (χ0) is 18.6. The number of anilines is 2. The standard InChI is InChI=1S/C17H21F3N4O2/c1-9-2-3-23(9)16-21-13(17(18,19)20)7-14(22-16)24-8-11-5-12(24)4-10(11)6-15(25)26/h7,9-12H,2-6,8H2,1H3,(H,25,26). The molecule has 4 unspecified atom stereocenters. The van der Waals surface area contributed by atoms with Crippen LogP contribution in [-0.2, 0) is 11.0 Å². The maximum Gasteiger partial charge on any atom is 0.433 e. The lowest BCUT2D eigenvalue weighted by atomic mass is 9.91. The average Bonchev–Trinajstić information content (AvgIpc) is 3.11. The molecule has 2 saturated heterocycles. The molecule has 1 aromatic heterocycles. The van der Waals surface area contributed by atoms with Crippen molar-refractivity contribution in [1.82, 2.24) is 9.97 Å². The molecule has 0 amide bonds. The molecule has 9 heteroatoms. The second kappa shape index (κ2) is 5.99. The van der Waals surface area contributed by atoms with Crippen molar-refractivity contribution in [2.24, 2.45) is 11.8 Å². The Morgan fingerprint density at radius 3 is 2.58 bits per heavy atom. The fraction of sp³-hybridized carbons (Fsp3) is 0.706. The summed E-state index contributed by atoms with van der Waals surface area (Å²) in [7, 11) is 0. The van der Waals surface area contributed by atoms with Crippen molar-refractivity contribution in [1.29, 1.82) is 0 Å². The third kappa shape index (κ3) is 2.97. The SMILES string of the molecule is CC1CCN1c1nc(N2CC3CC2CC3CC(=O)O)cc(C(F)(F)F)n1. The van der Waals surface area contributed by atoms with Crippen LogP contribution in [0.25, 0.3) is 0 Å². The van der Waals surface area contributed by atoms with Crippen LogP contribution in [0.2, 0.25) is 0 Å². The maximum absolute atomic E-state index is 13.3. The second-order valence-corrected chi connectivity index (χ2v) is 7.64. The number of fused-ring (bicyclic) bond motifs is 2. The molecule has 1 saturated carbocycles. The highest BCUT2D eigenvalue weighted by Gasteiger charge is 2.46. The van der Waals surface area contributed by atoms with E-state index in [0.717, 1.165) is 18.9 Å². The monoisotopic (exact) mass is 370 g/mol. The van der Waals surface area contributed by atoms with Gasteiger partial charge in [0.1, 0.15) is 5.82 Å². The van der Waals surface area contributed by atoms with Gasteiger partial charge in [0.2, 0.25) is 5.95 Å². The summed E-state index contributed by atoms with van der Waals surface area (Å²) in [5, 5.41) is 9.00. The molecule has 1 aliphatic carbocycles. The van der Waals surface area contributed by atoms with Crippen LogP contribution in [0.4, 0.5) is 24.9 Å². The van der Waals surface area contributed by atoms with Gasteiger partial charge < -0.3 is 14.9 Å². The molecule has 1 N–H and O–H groups in total. The lowest BCUT2D eigenvalue weighted by Crippen LogP contribution is -2.47. The van der Waals surface area contributed by atoms with Gasteiger partial charge in [-0.3, -0.25) is 4.79 Å². The molecule has 3 fully saturated rings. The molecule has 6 nitrogen and oxygen atoms in total. The Morgan fingerprint density at radius 1 is 1.31 bits per heavy atom. The zero-order valence-corrected chi connectivity index (χ0v) is 14.4. The predicted octanol–water partition coefficient (Wildman–Crippen LogP) is 2.78. The number of aromatic nitrogens is 2. The molecule has 3 aliphatic rings. The first-order chi connectivity index (χ1) is 12.2. The van der Waals surface area contributed by atoms with Crippen LogP contribution in [0.1, 0.15) is 38.3 Å². The smallest absolute Gasteiger partial charge is 0.433 e. The number of carbonyl (C=O) groups is 1. The van der Waals surface area contributed by atoms with Gasteiger partial charge in [0.15, 0.2) is 5.69 Å². The number of nitrogens with zero attached hydrogens (tertiary/aromatic N) is 4. The Morgan fingerprint density at radius 2 is 2.08 bits per heavy atom. The van der Waals surface area contributed by atoms with Gasteiger partial charge in [-0.2, -0.15) is 18.2 Å². The number of hydrogen-bond donors (Lipinski definition) is 1. The first kappa shape index (κ1) is 17.4. The molecule has 3 heterocycles. The van der Waals surface area contributed by atoms with Gasteiger partial charge in [-0.25, -0.2) is 4.98 Å². The van der Waals surface area contributed by atoms with Gasteiger partial charge >= 0.3 is 12.1 Å². The maximum atomic E-state index is 13.3. The fourth-order valence-corrected chi connectivity index (χ4v) is 4.47. The van der Waals surface area contributed by atoms with Crippen LogP contribution >= 0.6 is 0 Å². The molecule has 0 aromatic carbocycles. The van der Waals surface area contributed by atoms with Crippen LogP contribution in [-0.4, -0.2) is 46.2 Å². The summed E-state index contributed by atoms with van der Waals surface area (Å²) in [4.78, 5) is 22.8. The number of carboxylic acids is 1. The lowest BCUT2D eigenvalue weighted by molar-refractivity contribution is -0.141. The Hall–Kier alpha value is -2.06. The number of piperidine rings is 1. The normalized spacial score (nSPS) is 30.6. The number of aliphatic carboxylic acids is 1. The van der Waals surface area contributed by atoms with Crippen molar-refractivity contribution >= 4 is 17.7 Å². The van der Waals surface area contributed by atoms with Gasteiger partial charge in [-0.1, -0.05) is 0 Å². The number of rotatable bonds is 4. The van der Waals surface area contributed by atoms with Gasteiger partial charge in [-0.05, 0) is 38.0 Å². The van der Waals surface area contributed by atoms with E-state index in [0.29, 0.717) is 25.3 Å². The van der Waals surface area contributed by atoms with E-state index in [1.54, 1.807) is 4.90 Å². The molecule has 142 valence electrons. The Kier molecular flexibility index (Phi) is 4.00. The van der Waals surface area contributed by atoms with Crippen molar-refractivity contribution in [3.63, 3.8) is 0 Å². The topological polar surface area (TPSA) is 69.6 Å². The summed E-state index contributed by atoms with van der Waals surface area (Å²) in [6.45, 7) is 3.17. The molecule has 0 radical (unpaired) electrons. The minimum absolute atomic E-state index is 0.0574. The minimum atomic E-state index is -4.52. The Bertz CT molecular complexity index is 726. The van der Waals surface area contributed by atoms with Crippen molar-refractivity contribution in [3.8, 4) is 0 Å². The highest BCUT2D eigenvalue weighted by molar-refractivity contribution is 5.67. The Balaban J connectivity index is 1.61.